The number of benzene rings is 1. The number of esters is 1. The van der Waals surface area contributed by atoms with Crippen LogP contribution in [0.1, 0.15) is 20.9 Å². The summed E-state index contributed by atoms with van der Waals surface area (Å²) in [5, 5.41) is 5.52. The number of amides is 2. The Morgan fingerprint density at radius 3 is 2.58 bits per heavy atom. The summed E-state index contributed by atoms with van der Waals surface area (Å²) in [7, 11) is 1.32. The van der Waals surface area contributed by atoms with E-state index in [0.29, 0.717) is 16.4 Å². The number of anilines is 1. The Hall–Kier alpha value is -2.74. The van der Waals surface area contributed by atoms with Gasteiger partial charge in [-0.2, -0.15) is 0 Å². The van der Waals surface area contributed by atoms with Crippen LogP contribution in [0.15, 0.2) is 30.3 Å². The van der Waals surface area contributed by atoms with E-state index < -0.39 is 5.91 Å². The van der Waals surface area contributed by atoms with Crippen molar-refractivity contribution in [3.05, 3.63) is 46.5 Å². The molecular weight excluding hydrogens is 330 g/mol. The minimum Gasteiger partial charge on any atom is -0.469 e. The summed E-state index contributed by atoms with van der Waals surface area (Å²) in [6.45, 7) is 1.58. The smallest absolute Gasteiger partial charge is 0.310 e. The first-order valence-electron chi connectivity index (χ1n) is 7.16. The van der Waals surface area contributed by atoms with Gasteiger partial charge in [-0.1, -0.05) is 18.2 Å². The quantitative estimate of drug-likeness (QED) is 0.773. The number of carbonyl (C=O) groups is 3. The van der Waals surface area contributed by atoms with Gasteiger partial charge in [0.1, 0.15) is 0 Å². The van der Waals surface area contributed by atoms with Crippen LogP contribution in [0.4, 0.5) is 5.13 Å². The van der Waals surface area contributed by atoms with Gasteiger partial charge in [-0.05, 0) is 19.1 Å². The molecule has 126 valence electrons. The molecule has 0 radical (unpaired) electrons. The minimum absolute atomic E-state index is 0.112. The summed E-state index contributed by atoms with van der Waals surface area (Å²) in [5.41, 5.74) is 1.14. The molecule has 2 amide bonds. The van der Waals surface area contributed by atoms with E-state index in [0.717, 1.165) is 4.88 Å². The average Bonchev–Trinajstić information content (AvgIpc) is 2.92. The van der Waals surface area contributed by atoms with Gasteiger partial charge in [-0.15, -0.1) is 11.3 Å². The molecule has 0 aliphatic rings. The highest BCUT2D eigenvalue weighted by Gasteiger charge is 2.14. The lowest BCUT2D eigenvalue weighted by molar-refractivity contribution is -0.139. The largest absolute Gasteiger partial charge is 0.469 e. The number of ether oxygens (including phenoxy) is 1. The molecule has 24 heavy (non-hydrogen) atoms. The SMILES string of the molecule is COC(=O)Cc1sc(NC(=O)CNC(=O)c2ccccc2)nc1C. The molecular formula is C16H17N3O4S. The Kier molecular flexibility index (Phi) is 6.02. The van der Waals surface area contributed by atoms with Crippen molar-refractivity contribution in [2.45, 2.75) is 13.3 Å². The van der Waals surface area contributed by atoms with Crippen LogP contribution in [0.2, 0.25) is 0 Å². The number of rotatable bonds is 6. The molecule has 1 heterocycles. The number of nitrogens with one attached hydrogen (secondary N) is 2. The normalized spacial score (nSPS) is 10.1. The third-order valence-corrected chi connectivity index (χ3v) is 4.19. The second-order valence-electron chi connectivity index (χ2n) is 4.88. The molecule has 0 aliphatic carbocycles. The lowest BCUT2D eigenvalue weighted by Crippen LogP contribution is -2.32. The third kappa shape index (κ3) is 4.88. The van der Waals surface area contributed by atoms with E-state index in [1.54, 1.807) is 37.3 Å². The topological polar surface area (TPSA) is 97.4 Å². The van der Waals surface area contributed by atoms with Gasteiger partial charge >= 0.3 is 5.97 Å². The van der Waals surface area contributed by atoms with E-state index in [9.17, 15) is 14.4 Å². The fourth-order valence-corrected chi connectivity index (χ4v) is 2.83. The van der Waals surface area contributed by atoms with Crippen LogP contribution < -0.4 is 10.6 Å². The van der Waals surface area contributed by atoms with Crippen LogP contribution in [0.3, 0.4) is 0 Å². The second-order valence-corrected chi connectivity index (χ2v) is 5.96. The van der Waals surface area contributed by atoms with Gasteiger partial charge in [0.05, 0.1) is 25.8 Å². The number of nitrogens with zero attached hydrogens (tertiary/aromatic N) is 1. The number of hydrogen-bond acceptors (Lipinski definition) is 6. The Labute approximate surface area is 143 Å². The standard InChI is InChI=1S/C16H17N3O4S/c1-10-12(8-14(21)23-2)24-16(18-10)19-13(20)9-17-15(22)11-6-4-3-5-7-11/h3-7H,8-9H2,1-2H3,(H,17,22)(H,18,19,20). The van der Waals surface area contributed by atoms with Gasteiger partial charge < -0.3 is 15.4 Å². The zero-order chi connectivity index (χ0) is 17.5. The highest BCUT2D eigenvalue weighted by Crippen LogP contribution is 2.23. The molecule has 0 saturated heterocycles. The van der Waals surface area contributed by atoms with Crippen molar-refractivity contribution in [3.63, 3.8) is 0 Å². The fraction of sp³-hybridized carbons (Fsp3) is 0.250. The van der Waals surface area contributed by atoms with E-state index in [2.05, 4.69) is 20.4 Å². The number of aromatic nitrogens is 1. The molecule has 1 aromatic carbocycles. The monoisotopic (exact) mass is 347 g/mol. The van der Waals surface area contributed by atoms with E-state index in [4.69, 9.17) is 0 Å². The first-order valence-corrected chi connectivity index (χ1v) is 7.97. The fourth-order valence-electron chi connectivity index (χ4n) is 1.86. The van der Waals surface area contributed by atoms with Gasteiger partial charge in [0.25, 0.3) is 5.91 Å². The van der Waals surface area contributed by atoms with Gasteiger partial charge in [-0.3, -0.25) is 14.4 Å². The lowest BCUT2D eigenvalue weighted by atomic mass is 10.2. The van der Waals surface area contributed by atoms with Gasteiger partial charge in [0, 0.05) is 10.4 Å². The van der Waals surface area contributed by atoms with Crippen LogP contribution in [-0.4, -0.2) is 36.4 Å². The van der Waals surface area contributed by atoms with Gasteiger partial charge in [0.15, 0.2) is 5.13 Å². The molecule has 2 N–H and O–H groups in total. The summed E-state index contributed by atoms with van der Waals surface area (Å²) in [6.07, 6.45) is 0.112. The Morgan fingerprint density at radius 2 is 1.92 bits per heavy atom. The maximum atomic E-state index is 11.9. The van der Waals surface area contributed by atoms with Crippen molar-refractivity contribution in [1.82, 2.24) is 10.3 Å². The summed E-state index contributed by atoms with van der Waals surface area (Å²) in [4.78, 5) is 40.0. The predicted molar refractivity (Wildman–Crippen MR) is 90.0 cm³/mol. The van der Waals surface area contributed by atoms with Crippen LogP contribution in [0.25, 0.3) is 0 Å². The van der Waals surface area contributed by atoms with Crippen molar-refractivity contribution >= 4 is 34.3 Å². The van der Waals surface area contributed by atoms with E-state index in [-0.39, 0.29) is 24.8 Å². The van der Waals surface area contributed by atoms with Crippen molar-refractivity contribution < 1.29 is 19.1 Å². The molecule has 8 heteroatoms. The van der Waals surface area contributed by atoms with E-state index in [1.165, 1.54) is 18.4 Å². The van der Waals surface area contributed by atoms with Crippen molar-refractivity contribution in [1.29, 1.82) is 0 Å². The molecule has 1 aromatic heterocycles. The average molecular weight is 347 g/mol. The number of aryl methyl sites for hydroxylation is 1. The molecule has 2 aromatic rings. The minimum atomic E-state index is -0.391. The van der Waals surface area contributed by atoms with Crippen molar-refractivity contribution in [2.24, 2.45) is 0 Å². The summed E-state index contributed by atoms with van der Waals surface area (Å²) >= 11 is 1.21. The number of methoxy groups -OCH3 is 1. The first-order chi connectivity index (χ1) is 11.5. The summed E-state index contributed by atoms with van der Waals surface area (Å²) in [5.74, 6) is -1.08. The van der Waals surface area contributed by atoms with E-state index >= 15 is 0 Å². The molecule has 2 rings (SSSR count). The Morgan fingerprint density at radius 1 is 1.21 bits per heavy atom. The molecule has 0 atom stereocenters. The number of carbonyl (C=O) groups excluding carboxylic acids is 3. The zero-order valence-corrected chi connectivity index (χ0v) is 14.1. The first kappa shape index (κ1) is 17.6. The second kappa shape index (κ2) is 8.21. The molecule has 0 bridgehead atoms. The number of thiazole rings is 1. The lowest BCUT2D eigenvalue weighted by Gasteiger charge is -2.04. The maximum Gasteiger partial charge on any atom is 0.310 e. The highest BCUT2D eigenvalue weighted by atomic mass is 32.1. The van der Waals surface area contributed by atoms with Gasteiger partial charge in [-0.25, -0.2) is 4.98 Å². The Balaban J connectivity index is 1.87. The zero-order valence-electron chi connectivity index (χ0n) is 13.3. The molecule has 0 fully saturated rings. The Bertz CT molecular complexity index is 743. The van der Waals surface area contributed by atoms with Crippen LogP contribution in [0, 0.1) is 6.92 Å². The summed E-state index contributed by atoms with van der Waals surface area (Å²) in [6, 6.07) is 8.62. The molecule has 0 unspecified atom stereocenters. The molecule has 0 aliphatic heterocycles. The maximum absolute atomic E-state index is 11.9. The van der Waals surface area contributed by atoms with E-state index in [1.807, 2.05) is 0 Å². The molecule has 0 saturated carbocycles. The van der Waals surface area contributed by atoms with Gasteiger partial charge in [0.2, 0.25) is 5.91 Å². The predicted octanol–water partition coefficient (Wildman–Crippen LogP) is 1.54. The molecule has 0 spiro atoms. The number of hydrogen-bond donors (Lipinski definition) is 2. The molecule has 7 nitrogen and oxygen atoms in total. The van der Waals surface area contributed by atoms with Crippen LogP contribution >= 0.6 is 11.3 Å². The van der Waals surface area contributed by atoms with Crippen LogP contribution in [-0.2, 0) is 20.7 Å². The van der Waals surface area contributed by atoms with Crippen LogP contribution in [0.5, 0.6) is 0 Å². The van der Waals surface area contributed by atoms with Crippen molar-refractivity contribution in [2.75, 3.05) is 19.0 Å². The van der Waals surface area contributed by atoms with Crippen molar-refractivity contribution in [3.8, 4) is 0 Å². The highest BCUT2D eigenvalue weighted by molar-refractivity contribution is 7.16. The summed E-state index contributed by atoms with van der Waals surface area (Å²) < 4.78 is 4.61. The third-order valence-electron chi connectivity index (χ3n) is 3.12.